The lowest BCUT2D eigenvalue weighted by Gasteiger charge is -2.04. The van der Waals surface area contributed by atoms with Crippen LogP contribution in [-0.2, 0) is 4.74 Å². The molecule has 0 unspecified atom stereocenters. The van der Waals surface area contributed by atoms with Gasteiger partial charge < -0.3 is 10.5 Å². The van der Waals surface area contributed by atoms with Crippen molar-refractivity contribution in [3.63, 3.8) is 0 Å². The van der Waals surface area contributed by atoms with Gasteiger partial charge in [0.15, 0.2) is 0 Å². The normalized spacial score (nSPS) is 10.2. The Morgan fingerprint density at radius 3 is 2.65 bits per heavy atom. The largest absolute Gasteiger partial charge is 0.465 e. The number of nitrogens with zero attached hydrogens (tertiary/aromatic N) is 2. The van der Waals surface area contributed by atoms with E-state index in [0.717, 1.165) is 10.2 Å². The predicted molar refractivity (Wildman–Crippen MR) is 67.0 cm³/mol. The highest BCUT2D eigenvalue weighted by molar-refractivity contribution is 9.10. The molecule has 88 valence electrons. The first-order valence-electron chi connectivity index (χ1n) is 4.81. The maximum Gasteiger partial charge on any atom is 0.343 e. The summed E-state index contributed by atoms with van der Waals surface area (Å²) in [6.07, 6.45) is 1.39. The molecule has 0 amide bonds. The van der Waals surface area contributed by atoms with Gasteiger partial charge in [0, 0.05) is 4.47 Å². The molecular weight excluding hydrogens is 286 g/mol. The zero-order chi connectivity index (χ0) is 12.4. The van der Waals surface area contributed by atoms with Crippen molar-refractivity contribution in [2.75, 3.05) is 12.8 Å². The quantitative estimate of drug-likeness (QED) is 0.861. The van der Waals surface area contributed by atoms with Gasteiger partial charge in [-0.25, -0.2) is 9.48 Å². The van der Waals surface area contributed by atoms with E-state index in [1.807, 2.05) is 24.3 Å². The highest BCUT2D eigenvalue weighted by atomic mass is 79.9. The number of halogens is 1. The number of aromatic nitrogens is 2. The van der Waals surface area contributed by atoms with Crippen LogP contribution in [0.25, 0.3) is 5.69 Å². The molecular formula is C11H10BrN3O2. The average molecular weight is 296 g/mol. The summed E-state index contributed by atoms with van der Waals surface area (Å²) in [7, 11) is 1.30. The smallest absolute Gasteiger partial charge is 0.343 e. The Labute approximate surface area is 106 Å². The molecule has 0 bridgehead atoms. The molecule has 0 spiro atoms. The number of esters is 1. The molecule has 0 saturated heterocycles. The fraction of sp³-hybridized carbons (Fsp3) is 0.0909. The number of carbonyl (C=O) groups excluding carboxylic acids is 1. The van der Waals surface area contributed by atoms with Crippen molar-refractivity contribution >= 4 is 27.7 Å². The summed E-state index contributed by atoms with van der Waals surface area (Å²) in [6.45, 7) is 0. The van der Waals surface area contributed by atoms with E-state index in [1.54, 1.807) is 0 Å². The lowest BCUT2D eigenvalue weighted by Crippen LogP contribution is -2.07. The van der Waals surface area contributed by atoms with Crippen molar-refractivity contribution in [3.8, 4) is 5.69 Å². The van der Waals surface area contributed by atoms with Crippen molar-refractivity contribution in [2.24, 2.45) is 0 Å². The van der Waals surface area contributed by atoms with Crippen LogP contribution < -0.4 is 5.73 Å². The Morgan fingerprint density at radius 2 is 2.06 bits per heavy atom. The second-order valence-corrected chi connectivity index (χ2v) is 4.24. The third kappa shape index (κ3) is 2.16. The zero-order valence-corrected chi connectivity index (χ0v) is 10.6. The van der Waals surface area contributed by atoms with Crippen LogP contribution in [0.15, 0.2) is 34.9 Å². The number of hydrogen-bond acceptors (Lipinski definition) is 4. The highest BCUT2D eigenvalue weighted by Crippen LogP contribution is 2.19. The summed E-state index contributed by atoms with van der Waals surface area (Å²) in [5.41, 5.74) is 6.88. The van der Waals surface area contributed by atoms with E-state index in [-0.39, 0.29) is 11.4 Å². The van der Waals surface area contributed by atoms with Crippen LogP contribution >= 0.6 is 15.9 Å². The van der Waals surface area contributed by atoms with Crippen molar-refractivity contribution < 1.29 is 9.53 Å². The van der Waals surface area contributed by atoms with E-state index in [9.17, 15) is 4.79 Å². The summed E-state index contributed by atoms with van der Waals surface area (Å²) in [5.74, 6) is -0.231. The van der Waals surface area contributed by atoms with Gasteiger partial charge in [-0.15, -0.1) is 0 Å². The highest BCUT2D eigenvalue weighted by Gasteiger charge is 2.16. The molecule has 1 aromatic heterocycles. The number of carbonyl (C=O) groups is 1. The van der Waals surface area contributed by atoms with Crippen molar-refractivity contribution in [3.05, 3.63) is 40.5 Å². The molecule has 0 saturated carbocycles. The van der Waals surface area contributed by atoms with Gasteiger partial charge in [0.1, 0.15) is 11.4 Å². The van der Waals surface area contributed by atoms with Crippen LogP contribution in [0, 0.1) is 0 Å². The maximum atomic E-state index is 11.4. The fourth-order valence-electron chi connectivity index (χ4n) is 1.41. The van der Waals surface area contributed by atoms with Crippen LogP contribution in [-0.4, -0.2) is 22.9 Å². The number of rotatable bonds is 2. The summed E-state index contributed by atoms with van der Waals surface area (Å²) in [5, 5.41) is 4.06. The van der Waals surface area contributed by atoms with Gasteiger partial charge in [-0.3, -0.25) is 0 Å². The standard InChI is InChI=1S/C11H10BrN3O2/c1-17-11(16)9-6-14-15(10(9)13)8-4-2-7(12)3-5-8/h2-6H,13H2,1H3. The topological polar surface area (TPSA) is 70.1 Å². The minimum absolute atomic E-state index is 0.260. The first-order valence-corrected chi connectivity index (χ1v) is 5.60. The molecule has 2 aromatic rings. The number of nitrogens with two attached hydrogens (primary N) is 1. The molecule has 1 aromatic carbocycles. The summed E-state index contributed by atoms with van der Waals surface area (Å²) < 4.78 is 7.05. The minimum atomic E-state index is -0.495. The third-order valence-corrected chi connectivity index (χ3v) is 2.81. The molecule has 6 heteroatoms. The van der Waals surface area contributed by atoms with Crippen molar-refractivity contribution in [2.45, 2.75) is 0 Å². The van der Waals surface area contributed by atoms with Gasteiger partial charge in [-0.1, -0.05) is 15.9 Å². The van der Waals surface area contributed by atoms with Gasteiger partial charge in [-0.05, 0) is 24.3 Å². The molecule has 0 radical (unpaired) electrons. The summed E-state index contributed by atoms with van der Waals surface area (Å²) in [6, 6.07) is 7.42. The van der Waals surface area contributed by atoms with Crippen LogP contribution in [0.3, 0.4) is 0 Å². The van der Waals surface area contributed by atoms with Crippen molar-refractivity contribution in [1.29, 1.82) is 0 Å². The van der Waals surface area contributed by atoms with Gasteiger partial charge in [0.25, 0.3) is 0 Å². The zero-order valence-electron chi connectivity index (χ0n) is 9.05. The van der Waals surface area contributed by atoms with E-state index >= 15 is 0 Å². The molecule has 0 aliphatic carbocycles. The predicted octanol–water partition coefficient (Wildman–Crippen LogP) is 2.00. The van der Waals surface area contributed by atoms with E-state index in [0.29, 0.717) is 0 Å². The first kappa shape index (κ1) is 11.7. The maximum absolute atomic E-state index is 11.4. The number of nitrogen functional groups attached to an aromatic ring is 1. The number of methoxy groups -OCH3 is 1. The van der Waals surface area contributed by atoms with Crippen molar-refractivity contribution in [1.82, 2.24) is 9.78 Å². The Kier molecular flexibility index (Phi) is 3.14. The number of anilines is 1. The van der Waals surface area contributed by atoms with E-state index < -0.39 is 5.97 Å². The van der Waals surface area contributed by atoms with Crippen LogP contribution in [0.2, 0.25) is 0 Å². The molecule has 0 fully saturated rings. The van der Waals surface area contributed by atoms with Gasteiger partial charge in [0.2, 0.25) is 0 Å². The Morgan fingerprint density at radius 1 is 1.41 bits per heavy atom. The van der Waals surface area contributed by atoms with E-state index in [1.165, 1.54) is 18.0 Å². The number of ether oxygens (including phenoxy) is 1. The SMILES string of the molecule is COC(=O)c1cnn(-c2ccc(Br)cc2)c1N. The Balaban J connectivity index is 2.44. The average Bonchev–Trinajstić information content (AvgIpc) is 2.71. The molecule has 1 heterocycles. The second-order valence-electron chi connectivity index (χ2n) is 3.32. The van der Waals surface area contributed by atoms with Crippen LogP contribution in [0.5, 0.6) is 0 Å². The van der Waals surface area contributed by atoms with Gasteiger partial charge in [0.05, 0.1) is 19.0 Å². The Hall–Kier alpha value is -1.82. The number of benzene rings is 1. The third-order valence-electron chi connectivity index (χ3n) is 2.28. The molecule has 0 aliphatic rings. The van der Waals surface area contributed by atoms with Gasteiger partial charge in [-0.2, -0.15) is 5.10 Å². The lowest BCUT2D eigenvalue weighted by molar-refractivity contribution is 0.0602. The molecule has 0 aliphatic heterocycles. The van der Waals surface area contributed by atoms with Crippen LogP contribution in [0.4, 0.5) is 5.82 Å². The van der Waals surface area contributed by atoms with E-state index in [4.69, 9.17) is 5.73 Å². The lowest BCUT2D eigenvalue weighted by atomic mass is 10.3. The molecule has 5 nitrogen and oxygen atoms in total. The first-order chi connectivity index (χ1) is 8.13. The van der Waals surface area contributed by atoms with Crippen LogP contribution in [0.1, 0.15) is 10.4 Å². The Bertz CT molecular complexity index is 548. The summed E-state index contributed by atoms with van der Waals surface area (Å²) >= 11 is 3.34. The molecule has 2 N–H and O–H groups in total. The van der Waals surface area contributed by atoms with Gasteiger partial charge >= 0.3 is 5.97 Å². The monoisotopic (exact) mass is 295 g/mol. The fourth-order valence-corrected chi connectivity index (χ4v) is 1.68. The molecule has 17 heavy (non-hydrogen) atoms. The summed E-state index contributed by atoms with van der Waals surface area (Å²) in [4.78, 5) is 11.4. The number of hydrogen-bond donors (Lipinski definition) is 1. The molecule has 2 rings (SSSR count). The molecule has 0 atom stereocenters. The van der Waals surface area contributed by atoms with E-state index in [2.05, 4.69) is 25.8 Å². The second kappa shape index (κ2) is 4.58. The minimum Gasteiger partial charge on any atom is -0.465 e.